The summed E-state index contributed by atoms with van der Waals surface area (Å²) in [7, 11) is 0. The molecule has 0 radical (unpaired) electrons. The minimum Gasteiger partial charge on any atom is -0.455 e. The molecule has 4 heteroatoms. The van der Waals surface area contributed by atoms with Gasteiger partial charge in [-0.05, 0) is 52.4 Å². The van der Waals surface area contributed by atoms with Crippen molar-refractivity contribution in [3.63, 3.8) is 0 Å². The third-order valence-electron chi connectivity index (χ3n) is 2.77. The Bertz CT molecular complexity index is 586. The second-order valence-electron chi connectivity index (χ2n) is 4.83. The number of para-hydroxylation sites is 1. The molecule has 1 N–H and O–H groups in total. The largest absolute Gasteiger partial charge is 0.455 e. The first-order chi connectivity index (χ1) is 9.56. The van der Waals surface area contributed by atoms with Gasteiger partial charge in [-0.3, -0.25) is 0 Å². The molecule has 2 aromatic carbocycles. The molecule has 2 aromatic rings. The summed E-state index contributed by atoms with van der Waals surface area (Å²) >= 11 is 8.54. The van der Waals surface area contributed by atoms with Crippen molar-refractivity contribution >= 4 is 34.2 Å². The first kappa shape index (κ1) is 15.6. The summed E-state index contributed by atoms with van der Waals surface area (Å²) in [6.45, 7) is 5.05. The number of hydrogen-bond acceptors (Lipinski definition) is 2. The van der Waals surface area contributed by atoms with Crippen molar-refractivity contribution in [2.45, 2.75) is 26.4 Å². The maximum Gasteiger partial charge on any atom is 0.146 e. The number of nitrogens with one attached hydrogen (secondary N) is 1. The highest BCUT2D eigenvalue weighted by molar-refractivity contribution is 14.1. The van der Waals surface area contributed by atoms with E-state index in [4.69, 9.17) is 16.3 Å². The Hall–Kier alpha value is -0.780. The van der Waals surface area contributed by atoms with E-state index in [1.54, 1.807) is 0 Å². The van der Waals surface area contributed by atoms with Crippen LogP contribution >= 0.6 is 34.2 Å². The molecule has 0 bridgehead atoms. The predicted octanol–water partition coefficient (Wildman–Crippen LogP) is 5.23. The molecule has 2 rings (SSSR count). The third-order valence-corrected chi connectivity index (χ3v) is 3.95. The predicted molar refractivity (Wildman–Crippen MR) is 92.7 cm³/mol. The zero-order valence-electron chi connectivity index (χ0n) is 11.5. The van der Waals surface area contributed by atoms with E-state index in [1.807, 2.05) is 42.5 Å². The molecule has 0 saturated heterocycles. The Balaban J connectivity index is 2.12. The lowest BCUT2D eigenvalue weighted by Gasteiger charge is -2.12. The van der Waals surface area contributed by atoms with Gasteiger partial charge in [0, 0.05) is 12.6 Å². The number of halogens is 2. The summed E-state index contributed by atoms with van der Waals surface area (Å²) in [6, 6.07) is 14.2. The fourth-order valence-electron chi connectivity index (χ4n) is 1.71. The normalized spacial score (nSPS) is 10.8. The molecule has 106 valence electrons. The number of benzene rings is 2. The van der Waals surface area contributed by atoms with Crippen LogP contribution in [0.2, 0.25) is 5.02 Å². The van der Waals surface area contributed by atoms with Crippen LogP contribution in [0.3, 0.4) is 0 Å². The number of ether oxygens (including phenoxy) is 1. The van der Waals surface area contributed by atoms with E-state index in [-0.39, 0.29) is 0 Å². The first-order valence-corrected chi connectivity index (χ1v) is 7.96. The molecular formula is C16H17ClINO. The van der Waals surface area contributed by atoms with Gasteiger partial charge in [0.2, 0.25) is 0 Å². The molecule has 0 unspecified atom stereocenters. The molecule has 0 aliphatic carbocycles. The first-order valence-electron chi connectivity index (χ1n) is 6.50. The lowest BCUT2D eigenvalue weighted by Crippen LogP contribution is -2.21. The molecule has 2 nitrogen and oxygen atoms in total. The molecule has 0 spiro atoms. The Morgan fingerprint density at radius 2 is 1.90 bits per heavy atom. The molecular weight excluding hydrogens is 385 g/mol. The summed E-state index contributed by atoms with van der Waals surface area (Å²) in [5, 5.41) is 4.00. The molecule has 0 heterocycles. The van der Waals surface area contributed by atoms with Gasteiger partial charge in [0.25, 0.3) is 0 Å². The van der Waals surface area contributed by atoms with Crippen LogP contribution in [-0.4, -0.2) is 6.04 Å². The Morgan fingerprint density at radius 1 is 1.15 bits per heavy atom. The van der Waals surface area contributed by atoms with Crippen LogP contribution in [-0.2, 0) is 6.54 Å². The van der Waals surface area contributed by atoms with Crippen LogP contribution in [0.25, 0.3) is 0 Å². The van der Waals surface area contributed by atoms with E-state index in [1.165, 1.54) is 0 Å². The van der Waals surface area contributed by atoms with E-state index in [0.717, 1.165) is 21.4 Å². The van der Waals surface area contributed by atoms with Crippen LogP contribution in [0.1, 0.15) is 19.4 Å². The monoisotopic (exact) mass is 401 g/mol. The lowest BCUT2D eigenvalue weighted by atomic mass is 10.2. The maximum atomic E-state index is 6.29. The Kier molecular flexibility index (Phi) is 5.69. The zero-order chi connectivity index (χ0) is 14.5. The van der Waals surface area contributed by atoms with Crippen molar-refractivity contribution in [3.05, 3.63) is 56.6 Å². The van der Waals surface area contributed by atoms with Gasteiger partial charge in [-0.25, -0.2) is 0 Å². The molecule has 0 aromatic heterocycles. The fourth-order valence-corrected chi connectivity index (χ4v) is 2.44. The van der Waals surface area contributed by atoms with Crippen molar-refractivity contribution in [2.24, 2.45) is 0 Å². The van der Waals surface area contributed by atoms with Gasteiger partial charge in [-0.2, -0.15) is 0 Å². The van der Waals surface area contributed by atoms with E-state index >= 15 is 0 Å². The van der Waals surface area contributed by atoms with E-state index < -0.39 is 0 Å². The quantitative estimate of drug-likeness (QED) is 0.692. The van der Waals surface area contributed by atoms with Gasteiger partial charge >= 0.3 is 0 Å². The van der Waals surface area contributed by atoms with Gasteiger partial charge in [-0.15, -0.1) is 0 Å². The van der Waals surface area contributed by atoms with Gasteiger partial charge in [0.15, 0.2) is 0 Å². The van der Waals surface area contributed by atoms with Crippen molar-refractivity contribution < 1.29 is 4.74 Å². The molecule has 0 fully saturated rings. The van der Waals surface area contributed by atoms with Crippen LogP contribution in [0, 0.1) is 3.57 Å². The molecule has 0 atom stereocenters. The zero-order valence-corrected chi connectivity index (χ0v) is 14.4. The smallest absolute Gasteiger partial charge is 0.146 e. The summed E-state index contributed by atoms with van der Waals surface area (Å²) in [5.74, 6) is 1.51. The van der Waals surface area contributed by atoms with Crippen LogP contribution < -0.4 is 10.1 Å². The summed E-state index contributed by atoms with van der Waals surface area (Å²) in [5.41, 5.74) is 1.15. The van der Waals surface area contributed by atoms with Crippen molar-refractivity contribution in [1.29, 1.82) is 0 Å². The third kappa shape index (κ3) is 4.36. The Morgan fingerprint density at radius 3 is 2.55 bits per heavy atom. The van der Waals surface area contributed by atoms with E-state index in [0.29, 0.717) is 16.8 Å². The SMILES string of the molecule is CC(C)NCc1ccc(Oc2ccccc2I)c(Cl)c1. The number of rotatable bonds is 5. The van der Waals surface area contributed by atoms with Crippen molar-refractivity contribution in [1.82, 2.24) is 5.32 Å². The standard InChI is InChI=1S/C16H17ClINO/c1-11(2)19-10-12-7-8-15(13(17)9-12)20-16-6-4-3-5-14(16)18/h3-9,11,19H,10H2,1-2H3. The summed E-state index contributed by atoms with van der Waals surface area (Å²) in [4.78, 5) is 0. The summed E-state index contributed by atoms with van der Waals surface area (Å²) in [6.07, 6.45) is 0. The molecule has 0 aliphatic rings. The van der Waals surface area contributed by atoms with Crippen molar-refractivity contribution in [2.75, 3.05) is 0 Å². The van der Waals surface area contributed by atoms with Crippen LogP contribution in [0.5, 0.6) is 11.5 Å². The molecule has 20 heavy (non-hydrogen) atoms. The topological polar surface area (TPSA) is 21.3 Å². The minimum atomic E-state index is 0.454. The minimum absolute atomic E-state index is 0.454. The second kappa shape index (κ2) is 7.29. The van der Waals surface area contributed by atoms with Gasteiger partial charge in [-0.1, -0.05) is 43.6 Å². The summed E-state index contributed by atoms with van der Waals surface area (Å²) < 4.78 is 6.92. The molecule has 0 amide bonds. The average Bonchev–Trinajstić information content (AvgIpc) is 2.41. The van der Waals surface area contributed by atoms with E-state index in [9.17, 15) is 0 Å². The highest BCUT2D eigenvalue weighted by Crippen LogP contribution is 2.32. The number of hydrogen-bond donors (Lipinski definition) is 1. The van der Waals surface area contributed by atoms with Crippen molar-refractivity contribution in [3.8, 4) is 11.5 Å². The lowest BCUT2D eigenvalue weighted by molar-refractivity contribution is 0.479. The Labute approximate surface area is 138 Å². The molecule has 0 aliphatic heterocycles. The average molecular weight is 402 g/mol. The highest BCUT2D eigenvalue weighted by atomic mass is 127. The molecule has 0 saturated carbocycles. The highest BCUT2D eigenvalue weighted by Gasteiger charge is 2.07. The maximum absolute atomic E-state index is 6.29. The van der Waals surface area contributed by atoms with Gasteiger partial charge in [0.1, 0.15) is 11.5 Å². The fraction of sp³-hybridized carbons (Fsp3) is 0.250. The van der Waals surface area contributed by atoms with Crippen LogP contribution in [0.15, 0.2) is 42.5 Å². The van der Waals surface area contributed by atoms with Gasteiger partial charge < -0.3 is 10.1 Å². The second-order valence-corrected chi connectivity index (χ2v) is 6.40. The van der Waals surface area contributed by atoms with Crippen LogP contribution in [0.4, 0.5) is 0 Å². The van der Waals surface area contributed by atoms with Gasteiger partial charge in [0.05, 0.1) is 8.59 Å². The van der Waals surface area contributed by atoms with E-state index in [2.05, 4.69) is 41.8 Å².